The molecular formula is C18H19F3N4O2. The van der Waals surface area contributed by atoms with E-state index in [0.29, 0.717) is 44.4 Å². The van der Waals surface area contributed by atoms with Gasteiger partial charge in [0.15, 0.2) is 0 Å². The summed E-state index contributed by atoms with van der Waals surface area (Å²) in [4.78, 5) is 24.0. The van der Waals surface area contributed by atoms with Crippen LogP contribution in [0.25, 0.3) is 0 Å². The van der Waals surface area contributed by atoms with Gasteiger partial charge in [-0.2, -0.15) is 13.2 Å². The lowest BCUT2D eigenvalue weighted by Crippen LogP contribution is -2.49. The molecule has 1 aromatic heterocycles. The molecule has 0 unspecified atom stereocenters. The molecule has 9 heteroatoms. The van der Waals surface area contributed by atoms with Crippen LogP contribution in [-0.2, 0) is 6.18 Å². The monoisotopic (exact) mass is 380 g/mol. The topological polar surface area (TPSA) is 58.6 Å². The average molecular weight is 380 g/mol. The predicted octanol–water partition coefficient (Wildman–Crippen LogP) is 2.86. The van der Waals surface area contributed by atoms with Crippen LogP contribution in [-0.4, -0.2) is 53.6 Å². The lowest BCUT2D eigenvalue weighted by Gasteiger charge is -2.36. The second kappa shape index (κ2) is 7.81. The maximum absolute atomic E-state index is 12.9. The minimum atomic E-state index is -4.38. The second-order valence-corrected chi connectivity index (χ2v) is 6.00. The molecule has 2 aromatic rings. The van der Waals surface area contributed by atoms with Crippen LogP contribution >= 0.6 is 0 Å². The van der Waals surface area contributed by atoms with Crippen LogP contribution in [0, 0.1) is 0 Å². The number of nitrogens with zero attached hydrogens (tertiary/aromatic N) is 4. The first-order valence-electron chi connectivity index (χ1n) is 8.55. The molecule has 2 heterocycles. The first-order chi connectivity index (χ1) is 12.9. The summed E-state index contributed by atoms with van der Waals surface area (Å²) in [5, 5.41) is 0. The van der Waals surface area contributed by atoms with Gasteiger partial charge in [-0.25, -0.2) is 9.97 Å². The number of amides is 1. The van der Waals surface area contributed by atoms with E-state index in [2.05, 4.69) is 9.97 Å². The number of aromatic nitrogens is 2. The number of carbonyl (C=O) groups is 1. The lowest BCUT2D eigenvalue weighted by molar-refractivity contribution is -0.137. The number of benzene rings is 1. The van der Waals surface area contributed by atoms with Crippen molar-refractivity contribution < 1.29 is 22.7 Å². The molecule has 1 saturated heterocycles. The van der Waals surface area contributed by atoms with Gasteiger partial charge in [-0.15, -0.1) is 0 Å². The van der Waals surface area contributed by atoms with Crippen molar-refractivity contribution in [3.05, 3.63) is 47.9 Å². The molecule has 0 radical (unpaired) electrons. The van der Waals surface area contributed by atoms with Crippen LogP contribution in [0.4, 0.5) is 18.9 Å². The normalized spacial score (nSPS) is 15.0. The highest BCUT2D eigenvalue weighted by molar-refractivity contribution is 5.92. The highest BCUT2D eigenvalue weighted by atomic mass is 19.4. The molecule has 0 aliphatic carbocycles. The van der Waals surface area contributed by atoms with E-state index in [9.17, 15) is 18.0 Å². The Morgan fingerprint density at radius 1 is 1.15 bits per heavy atom. The average Bonchev–Trinajstić information content (AvgIpc) is 2.67. The maximum atomic E-state index is 12.9. The highest BCUT2D eigenvalue weighted by Gasteiger charge is 2.31. The van der Waals surface area contributed by atoms with Gasteiger partial charge < -0.3 is 14.5 Å². The standard InChI is InChI=1S/C18H19F3N4O2/c1-2-27-16-11-15(22-12-23-16)17(26)25-8-6-24(7-9-25)14-5-3-4-13(10-14)18(19,20)21/h3-5,10-12H,2,6-9H2,1H3. The van der Waals surface area contributed by atoms with Crippen LogP contribution < -0.4 is 9.64 Å². The third-order valence-corrected chi connectivity index (χ3v) is 4.26. The number of halogens is 3. The number of anilines is 1. The molecule has 1 amide bonds. The number of piperazine rings is 1. The molecule has 0 bridgehead atoms. The third kappa shape index (κ3) is 4.47. The zero-order valence-corrected chi connectivity index (χ0v) is 14.7. The predicted molar refractivity (Wildman–Crippen MR) is 92.8 cm³/mol. The van der Waals surface area contributed by atoms with Gasteiger partial charge in [0.05, 0.1) is 12.2 Å². The largest absolute Gasteiger partial charge is 0.478 e. The minimum absolute atomic E-state index is 0.237. The van der Waals surface area contributed by atoms with Gasteiger partial charge in [0.2, 0.25) is 5.88 Å². The molecule has 6 nitrogen and oxygen atoms in total. The molecule has 0 saturated carbocycles. The highest BCUT2D eigenvalue weighted by Crippen LogP contribution is 2.31. The van der Waals surface area contributed by atoms with Crippen LogP contribution in [0.15, 0.2) is 36.7 Å². The van der Waals surface area contributed by atoms with Crippen LogP contribution in [0.5, 0.6) is 5.88 Å². The van der Waals surface area contributed by atoms with Crippen molar-refractivity contribution in [3.8, 4) is 5.88 Å². The molecule has 0 spiro atoms. The molecule has 1 aliphatic rings. The Bertz CT molecular complexity index is 805. The van der Waals surface area contributed by atoms with Crippen molar-refractivity contribution in [3.63, 3.8) is 0 Å². The number of rotatable bonds is 4. The van der Waals surface area contributed by atoms with E-state index in [1.807, 2.05) is 11.8 Å². The Balaban J connectivity index is 1.65. The summed E-state index contributed by atoms with van der Waals surface area (Å²) in [6.07, 6.45) is -3.10. The zero-order valence-electron chi connectivity index (χ0n) is 14.7. The lowest BCUT2D eigenvalue weighted by atomic mass is 10.1. The third-order valence-electron chi connectivity index (χ3n) is 4.26. The van der Waals surface area contributed by atoms with Gasteiger partial charge in [-0.1, -0.05) is 6.07 Å². The zero-order chi connectivity index (χ0) is 19.4. The number of ether oxygens (including phenoxy) is 1. The molecule has 1 fully saturated rings. The van der Waals surface area contributed by atoms with Crippen molar-refractivity contribution in [2.45, 2.75) is 13.1 Å². The number of carbonyl (C=O) groups excluding carboxylic acids is 1. The van der Waals surface area contributed by atoms with Gasteiger partial charge in [-0.3, -0.25) is 4.79 Å². The van der Waals surface area contributed by atoms with E-state index < -0.39 is 11.7 Å². The van der Waals surface area contributed by atoms with Crippen molar-refractivity contribution >= 4 is 11.6 Å². The molecule has 0 atom stereocenters. The van der Waals surface area contributed by atoms with Crippen LogP contribution in [0.2, 0.25) is 0 Å². The van der Waals surface area contributed by atoms with Gasteiger partial charge in [0, 0.05) is 37.9 Å². The Morgan fingerprint density at radius 3 is 2.56 bits per heavy atom. The molecule has 3 rings (SSSR count). The van der Waals surface area contributed by atoms with Gasteiger partial charge >= 0.3 is 6.18 Å². The summed E-state index contributed by atoms with van der Waals surface area (Å²) in [5.74, 6) is 0.0838. The molecule has 0 N–H and O–H groups in total. The second-order valence-electron chi connectivity index (χ2n) is 6.00. The molecule has 144 valence electrons. The van der Waals surface area contributed by atoms with Crippen LogP contribution in [0.1, 0.15) is 23.0 Å². The Hall–Kier alpha value is -2.84. The fourth-order valence-corrected chi connectivity index (χ4v) is 2.89. The summed E-state index contributed by atoms with van der Waals surface area (Å²) in [7, 11) is 0. The van der Waals surface area contributed by atoms with Crippen LogP contribution in [0.3, 0.4) is 0 Å². The van der Waals surface area contributed by atoms with E-state index in [1.54, 1.807) is 11.0 Å². The van der Waals surface area contributed by atoms with Crippen molar-refractivity contribution in [1.29, 1.82) is 0 Å². The van der Waals surface area contributed by atoms with E-state index >= 15 is 0 Å². The number of hydrogen-bond acceptors (Lipinski definition) is 5. The molecule has 1 aliphatic heterocycles. The van der Waals surface area contributed by atoms with E-state index in [1.165, 1.54) is 18.5 Å². The quantitative estimate of drug-likeness (QED) is 0.816. The number of hydrogen-bond donors (Lipinski definition) is 0. The molecule has 1 aromatic carbocycles. The fraction of sp³-hybridized carbons (Fsp3) is 0.389. The summed E-state index contributed by atoms with van der Waals surface area (Å²) < 4.78 is 43.9. The summed E-state index contributed by atoms with van der Waals surface area (Å²) in [6, 6.07) is 6.72. The fourth-order valence-electron chi connectivity index (χ4n) is 2.89. The van der Waals surface area contributed by atoms with E-state index in [0.717, 1.165) is 12.1 Å². The van der Waals surface area contributed by atoms with Crippen molar-refractivity contribution in [1.82, 2.24) is 14.9 Å². The van der Waals surface area contributed by atoms with E-state index in [-0.39, 0.29) is 11.6 Å². The molecular weight excluding hydrogens is 361 g/mol. The first kappa shape index (κ1) is 18.9. The van der Waals surface area contributed by atoms with Gasteiger partial charge in [-0.05, 0) is 25.1 Å². The Labute approximate surface area is 154 Å². The van der Waals surface area contributed by atoms with Gasteiger partial charge in [0.1, 0.15) is 12.0 Å². The Kier molecular flexibility index (Phi) is 5.48. The summed E-state index contributed by atoms with van der Waals surface area (Å²) >= 11 is 0. The molecule has 27 heavy (non-hydrogen) atoms. The Morgan fingerprint density at radius 2 is 1.89 bits per heavy atom. The number of alkyl halides is 3. The van der Waals surface area contributed by atoms with E-state index in [4.69, 9.17) is 4.74 Å². The minimum Gasteiger partial charge on any atom is -0.478 e. The SMILES string of the molecule is CCOc1cc(C(=O)N2CCN(c3cccc(C(F)(F)F)c3)CC2)ncn1. The van der Waals surface area contributed by atoms with Gasteiger partial charge in [0.25, 0.3) is 5.91 Å². The van der Waals surface area contributed by atoms with Crippen molar-refractivity contribution in [2.24, 2.45) is 0 Å². The summed E-state index contributed by atoms with van der Waals surface area (Å²) in [6.45, 7) is 3.91. The maximum Gasteiger partial charge on any atom is 0.416 e. The summed E-state index contributed by atoms with van der Waals surface area (Å²) in [5.41, 5.74) is 0.0570. The first-order valence-corrected chi connectivity index (χ1v) is 8.55. The smallest absolute Gasteiger partial charge is 0.416 e. The van der Waals surface area contributed by atoms with Crippen molar-refractivity contribution in [2.75, 3.05) is 37.7 Å².